The largest absolute Gasteiger partial charge is 0.257 e. The number of rotatable bonds is 1. The third kappa shape index (κ3) is 1.71. The van der Waals surface area contributed by atoms with Crippen molar-refractivity contribution in [2.75, 3.05) is 12.3 Å². The van der Waals surface area contributed by atoms with E-state index in [1.807, 2.05) is 6.92 Å². The van der Waals surface area contributed by atoms with Crippen molar-refractivity contribution in [3.63, 3.8) is 0 Å². The van der Waals surface area contributed by atoms with Crippen molar-refractivity contribution in [3.8, 4) is 0 Å². The first kappa shape index (κ1) is 9.01. The average molecular weight is 219 g/mol. The van der Waals surface area contributed by atoms with Crippen LogP contribution in [0.4, 0.5) is 0 Å². The van der Waals surface area contributed by atoms with E-state index in [0.29, 0.717) is 11.7 Å². The number of fused-ring (bicyclic) bond motifs is 1. The summed E-state index contributed by atoms with van der Waals surface area (Å²) in [6.45, 7) is 2.41. The van der Waals surface area contributed by atoms with Crippen LogP contribution in [0.15, 0.2) is 9.50 Å². The van der Waals surface area contributed by atoms with Gasteiger partial charge in [0.25, 0.3) is 10.0 Å². The highest BCUT2D eigenvalue weighted by Gasteiger charge is 2.29. The third-order valence-corrected chi connectivity index (χ3v) is 4.10. The van der Waals surface area contributed by atoms with E-state index in [1.165, 1.54) is 11.8 Å². The fraction of sp³-hybridized carbons (Fsp3) is 0.667. The van der Waals surface area contributed by atoms with E-state index in [-0.39, 0.29) is 5.75 Å². The van der Waals surface area contributed by atoms with E-state index >= 15 is 0 Å². The van der Waals surface area contributed by atoms with Gasteiger partial charge in [-0.05, 0) is 18.2 Å². The zero-order valence-electron chi connectivity index (χ0n) is 7.10. The highest BCUT2D eigenvalue weighted by atomic mass is 32.2. The first-order valence-electron chi connectivity index (χ1n) is 3.96. The molecule has 0 saturated heterocycles. The topological polar surface area (TPSA) is 62.1 Å². The van der Waals surface area contributed by atoms with Crippen LogP contribution in [0.1, 0.15) is 13.3 Å². The molecule has 7 heteroatoms. The molecule has 0 amide bonds. The molecule has 2 aliphatic rings. The molecule has 2 rings (SSSR count). The van der Waals surface area contributed by atoms with Crippen molar-refractivity contribution in [1.29, 1.82) is 0 Å². The van der Waals surface area contributed by atoms with E-state index in [0.717, 1.165) is 11.5 Å². The number of thioether (sulfide) groups is 1. The van der Waals surface area contributed by atoms with E-state index in [1.54, 1.807) is 5.01 Å². The Balaban J connectivity index is 2.30. The predicted molar refractivity (Wildman–Crippen MR) is 53.2 cm³/mol. The smallest absolute Gasteiger partial charge is 0.240 e. The second-order valence-corrected chi connectivity index (χ2v) is 5.53. The molecule has 0 aromatic rings. The lowest BCUT2D eigenvalue weighted by atomic mass is 10.5. The normalized spacial score (nSPS) is 25.2. The van der Waals surface area contributed by atoms with Crippen LogP contribution in [0.25, 0.3) is 0 Å². The van der Waals surface area contributed by atoms with Crippen molar-refractivity contribution in [1.82, 2.24) is 5.01 Å². The monoisotopic (exact) mass is 219 g/mol. The molecule has 2 heterocycles. The maximum Gasteiger partial charge on any atom is 0.257 e. The summed E-state index contributed by atoms with van der Waals surface area (Å²) in [5.74, 6) is 0.0670. The van der Waals surface area contributed by atoms with E-state index < -0.39 is 10.0 Å². The maximum atomic E-state index is 11.1. The van der Waals surface area contributed by atoms with Crippen LogP contribution in [0, 0.1) is 0 Å². The van der Waals surface area contributed by atoms with Gasteiger partial charge in [-0.1, -0.05) is 6.92 Å². The molecule has 0 bridgehead atoms. The van der Waals surface area contributed by atoms with Crippen LogP contribution in [0.3, 0.4) is 0 Å². The molecule has 5 nitrogen and oxygen atoms in total. The summed E-state index contributed by atoms with van der Waals surface area (Å²) in [4.78, 5) is 0. The lowest BCUT2D eigenvalue weighted by Crippen LogP contribution is -2.31. The summed E-state index contributed by atoms with van der Waals surface area (Å²) in [6.07, 6.45) is 0.820. The van der Waals surface area contributed by atoms with E-state index in [9.17, 15) is 8.42 Å². The Bertz CT molecular complexity index is 385. The van der Waals surface area contributed by atoms with Crippen molar-refractivity contribution < 1.29 is 8.42 Å². The third-order valence-electron chi connectivity index (χ3n) is 1.74. The average Bonchev–Trinajstić information content (AvgIpc) is 2.44. The van der Waals surface area contributed by atoms with Gasteiger partial charge in [-0.2, -0.15) is 5.10 Å². The number of sulfonamides is 1. The molecule has 0 unspecified atom stereocenters. The summed E-state index contributed by atoms with van der Waals surface area (Å²) in [5.41, 5.74) is 0. The van der Waals surface area contributed by atoms with Gasteiger partial charge >= 0.3 is 0 Å². The van der Waals surface area contributed by atoms with Gasteiger partial charge in [-0.15, -0.1) is 4.40 Å². The Kier molecular flexibility index (Phi) is 2.07. The molecule has 0 radical (unpaired) electrons. The fourth-order valence-electron chi connectivity index (χ4n) is 1.08. The molecular weight excluding hydrogens is 210 g/mol. The van der Waals surface area contributed by atoms with Crippen LogP contribution >= 0.6 is 11.8 Å². The Morgan fingerprint density at radius 1 is 1.62 bits per heavy atom. The SMILES string of the molecule is CCC1=NN2CCS(=O)(=O)N=C2S1. The lowest BCUT2D eigenvalue weighted by Gasteiger charge is -2.17. The van der Waals surface area contributed by atoms with Crippen LogP contribution in [0.5, 0.6) is 0 Å². The molecule has 0 atom stereocenters. The minimum absolute atomic E-state index is 0.0670. The fourth-order valence-corrected chi connectivity index (χ4v) is 3.13. The first-order chi connectivity index (χ1) is 6.11. The molecule has 0 N–H and O–H groups in total. The number of hydrazone groups is 1. The van der Waals surface area contributed by atoms with Gasteiger partial charge in [0.2, 0.25) is 5.17 Å². The lowest BCUT2D eigenvalue weighted by molar-refractivity contribution is 0.473. The summed E-state index contributed by atoms with van der Waals surface area (Å²) in [7, 11) is -3.22. The maximum absolute atomic E-state index is 11.1. The van der Waals surface area contributed by atoms with Gasteiger partial charge < -0.3 is 0 Å². The number of hydrogen-bond donors (Lipinski definition) is 0. The molecule has 0 aromatic heterocycles. The second kappa shape index (κ2) is 2.98. The Labute approximate surface area is 81.0 Å². The molecule has 0 saturated carbocycles. The first-order valence-corrected chi connectivity index (χ1v) is 6.39. The van der Waals surface area contributed by atoms with E-state index in [2.05, 4.69) is 9.50 Å². The van der Waals surface area contributed by atoms with Gasteiger partial charge in [0.15, 0.2) is 0 Å². The van der Waals surface area contributed by atoms with Crippen LogP contribution in [0.2, 0.25) is 0 Å². The predicted octanol–water partition coefficient (Wildman–Crippen LogP) is 0.458. The molecule has 2 aliphatic heterocycles. The molecule has 0 aromatic carbocycles. The summed E-state index contributed by atoms with van der Waals surface area (Å²) >= 11 is 1.34. The highest BCUT2D eigenvalue weighted by Crippen LogP contribution is 2.25. The molecule has 13 heavy (non-hydrogen) atoms. The molecule has 72 valence electrons. The van der Waals surface area contributed by atoms with Crippen molar-refractivity contribution in [2.45, 2.75) is 13.3 Å². The second-order valence-electron chi connectivity index (χ2n) is 2.73. The molecule has 0 fully saturated rings. The van der Waals surface area contributed by atoms with Gasteiger partial charge in [0, 0.05) is 0 Å². The zero-order chi connectivity index (χ0) is 9.47. The van der Waals surface area contributed by atoms with Gasteiger partial charge in [-0.3, -0.25) is 0 Å². The summed E-state index contributed by atoms with van der Waals surface area (Å²) in [5, 5.41) is 7.30. The standard InChI is InChI=1S/C6H9N3O2S2/c1-2-5-7-9-3-4-13(10,11)8-6(9)12-5/h2-4H2,1H3. The summed E-state index contributed by atoms with van der Waals surface area (Å²) in [6, 6.07) is 0. The molecule has 0 spiro atoms. The number of hydrogen-bond acceptors (Lipinski definition) is 5. The van der Waals surface area contributed by atoms with Crippen molar-refractivity contribution in [3.05, 3.63) is 0 Å². The molecule has 0 aliphatic carbocycles. The minimum atomic E-state index is -3.22. The molecular formula is C6H9N3O2S2. The van der Waals surface area contributed by atoms with Crippen molar-refractivity contribution >= 4 is 32.0 Å². The zero-order valence-corrected chi connectivity index (χ0v) is 8.73. The minimum Gasteiger partial charge on any atom is -0.240 e. The number of nitrogens with zero attached hydrogens (tertiary/aromatic N) is 3. The van der Waals surface area contributed by atoms with Gasteiger partial charge in [0.05, 0.1) is 12.3 Å². The van der Waals surface area contributed by atoms with Gasteiger partial charge in [0.1, 0.15) is 5.04 Å². The van der Waals surface area contributed by atoms with Gasteiger partial charge in [-0.25, -0.2) is 13.4 Å². The Hall–Kier alpha value is -0.560. The Morgan fingerprint density at radius 2 is 2.38 bits per heavy atom. The van der Waals surface area contributed by atoms with Crippen LogP contribution in [-0.4, -0.2) is 35.9 Å². The van der Waals surface area contributed by atoms with Crippen LogP contribution < -0.4 is 0 Å². The quantitative estimate of drug-likeness (QED) is 0.642. The van der Waals surface area contributed by atoms with Crippen molar-refractivity contribution in [2.24, 2.45) is 9.50 Å². The summed E-state index contributed by atoms with van der Waals surface area (Å²) < 4.78 is 25.9. The highest BCUT2D eigenvalue weighted by molar-refractivity contribution is 8.27. The number of amidine groups is 1. The van der Waals surface area contributed by atoms with E-state index in [4.69, 9.17) is 0 Å². The Morgan fingerprint density at radius 3 is 3.08 bits per heavy atom. The van der Waals surface area contributed by atoms with Crippen LogP contribution in [-0.2, 0) is 10.0 Å².